The molecular formula is C23H25ClN4O2. The summed E-state index contributed by atoms with van der Waals surface area (Å²) in [6.45, 7) is 1.37. The average molecular weight is 425 g/mol. The molecule has 6 nitrogen and oxygen atoms in total. The molecule has 2 heterocycles. The van der Waals surface area contributed by atoms with Crippen molar-refractivity contribution in [1.29, 1.82) is 0 Å². The Kier molecular flexibility index (Phi) is 6.67. The van der Waals surface area contributed by atoms with Gasteiger partial charge in [-0.05, 0) is 49.2 Å². The fraction of sp³-hybridized carbons (Fsp3) is 0.304. The number of halogens is 1. The molecule has 1 unspecified atom stereocenters. The molecule has 1 aliphatic rings. The third-order valence-electron chi connectivity index (χ3n) is 5.24. The number of aromatic nitrogens is 2. The van der Waals surface area contributed by atoms with Crippen LogP contribution in [0.25, 0.3) is 11.3 Å². The second-order valence-electron chi connectivity index (χ2n) is 7.35. The Hall–Kier alpha value is -2.83. The number of carbonyl (C=O) groups is 1. The van der Waals surface area contributed by atoms with E-state index in [9.17, 15) is 4.79 Å². The number of nitrogens with zero attached hydrogens (tertiary/aromatic N) is 1. The van der Waals surface area contributed by atoms with E-state index in [2.05, 4.69) is 20.6 Å². The van der Waals surface area contributed by atoms with Crippen LogP contribution in [-0.2, 0) is 11.2 Å². The predicted octanol–water partition coefficient (Wildman–Crippen LogP) is 4.43. The van der Waals surface area contributed by atoms with Gasteiger partial charge in [0.15, 0.2) is 0 Å². The van der Waals surface area contributed by atoms with Crippen molar-refractivity contribution in [2.45, 2.75) is 31.7 Å². The average Bonchev–Trinajstić information content (AvgIpc) is 3.31. The van der Waals surface area contributed by atoms with Gasteiger partial charge in [-0.25, -0.2) is 4.98 Å². The second kappa shape index (κ2) is 9.78. The van der Waals surface area contributed by atoms with Crippen LogP contribution >= 0.6 is 11.6 Å². The lowest BCUT2D eigenvalue weighted by atomic mass is 10.0. The molecule has 0 radical (unpaired) electrons. The van der Waals surface area contributed by atoms with Gasteiger partial charge in [-0.2, -0.15) is 0 Å². The smallest absolute Gasteiger partial charge is 0.241 e. The number of para-hydroxylation sites is 1. The zero-order valence-electron chi connectivity index (χ0n) is 16.7. The zero-order valence-corrected chi connectivity index (χ0v) is 17.4. The van der Waals surface area contributed by atoms with Crippen molar-refractivity contribution in [2.24, 2.45) is 0 Å². The van der Waals surface area contributed by atoms with E-state index in [-0.39, 0.29) is 11.9 Å². The van der Waals surface area contributed by atoms with Gasteiger partial charge in [-0.3, -0.25) is 4.79 Å². The molecule has 0 aliphatic carbocycles. The second-order valence-corrected chi connectivity index (χ2v) is 7.75. The van der Waals surface area contributed by atoms with Gasteiger partial charge >= 0.3 is 0 Å². The molecular weight excluding hydrogens is 400 g/mol. The number of piperidine rings is 1. The summed E-state index contributed by atoms with van der Waals surface area (Å²) in [6, 6.07) is 13.3. The van der Waals surface area contributed by atoms with Gasteiger partial charge in [0.05, 0.1) is 24.7 Å². The lowest BCUT2D eigenvalue weighted by Crippen LogP contribution is -2.43. The number of carbonyl (C=O) groups excluding carboxylic acids is 1. The molecule has 3 N–H and O–H groups in total. The topological polar surface area (TPSA) is 79.0 Å². The number of H-pyrrole nitrogens is 1. The third-order valence-corrected chi connectivity index (χ3v) is 5.59. The highest BCUT2D eigenvalue weighted by molar-refractivity contribution is 6.31. The summed E-state index contributed by atoms with van der Waals surface area (Å²) < 4.78 is 6.00. The fourth-order valence-electron chi connectivity index (χ4n) is 3.62. The summed E-state index contributed by atoms with van der Waals surface area (Å²) in [5.74, 6) is 0.779. The van der Waals surface area contributed by atoms with Crippen molar-refractivity contribution in [2.75, 3.05) is 18.5 Å². The molecule has 7 heteroatoms. The standard InChI is InChI=1S/C23H25ClN4O2/c24-19-13-17(28-23(29)20-6-3-4-11-26-20)9-8-16(19)10-12-30-22-7-2-1-5-18(22)21-14-25-15-27-21/h1-2,5,7-9,13-15,20,26H,3-4,6,10-12H2,(H,25,27)(H,28,29). The number of ether oxygens (including phenoxy) is 1. The first-order chi connectivity index (χ1) is 14.7. The number of rotatable bonds is 7. The van der Waals surface area contributed by atoms with Gasteiger partial charge in [0.25, 0.3) is 0 Å². The van der Waals surface area contributed by atoms with E-state index in [1.807, 2.05) is 42.6 Å². The summed E-state index contributed by atoms with van der Waals surface area (Å²) in [7, 11) is 0. The highest BCUT2D eigenvalue weighted by atomic mass is 35.5. The van der Waals surface area contributed by atoms with E-state index in [0.29, 0.717) is 23.7 Å². The van der Waals surface area contributed by atoms with E-state index in [1.54, 1.807) is 12.4 Å². The minimum Gasteiger partial charge on any atom is -0.493 e. The first-order valence-electron chi connectivity index (χ1n) is 10.2. The molecule has 1 aromatic heterocycles. The van der Waals surface area contributed by atoms with Gasteiger partial charge in [0.1, 0.15) is 5.75 Å². The largest absolute Gasteiger partial charge is 0.493 e. The molecule has 2 aromatic carbocycles. The van der Waals surface area contributed by atoms with Crippen LogP contribution in [0.15, 0.2) is 55.0 Å². The maximum atomic E-state index is 12.4. The minimum atomic E-state index is -0.125. The number of aromatic amines is 1. The van der Waals surface area contributed by atoms with Crippen LogP contribution in [0.1, 0.15) is 24.8 Å². The summed E-state index contributed by atoms with van der Waals surface area (Å²) in [5.41, 5.74) is 3.48. The molecule has 156 valence electrons. The molecule has 0 saturated carbocycles. The van der Waals surface area contributed by atoms with Crippen LogP contribution < -0.4 is 15.4 Å². The summed E-state index contributed by atoms with van der Waals surface area (Å²) in [4.78, 5) is 19.6. The SMILES string of the molecule is O=C(Nc1ccc(CCOc2ccccc2-c2c[nH]cn2)c(Cl)c1)C1CCCCN1. The van der Waals surface area contributed by atoms with E-state index < -0.39 is 0 Å². The normalized spacial score (nSPS) is 16.2. The van der Waals surface area contributed by atoms with Crippen LogP contribution in [0.2, 0.25) is 5.02 Å². The van der Waals surface area contributed by atoms with Crippen LogP contribution in [0.3, 0.4) is 0 Å². The third kappa shape index (κ3) is 5.01. The lowest BCUT2D eigenvalue weighted by Gasteiger charge is -2.22. The quantitative estimate of drug-likeness (QED) is 0.524. The molecule has 0 spiro atoms. The number of benzene rings is 2. The molecule has 0 bridgehead atoms. The van der Waals surface area contributed by atoms with Crippen LogP contribution in [0, 0.1) is 0 Å². The van der Waals surface area contributed by atoms with Crippen molar-refractivity contribution in [3.8, 4) is 17.0 Å². The predicted molar refractivity (Wildman–Crippen MR) is 119 cm³/mol. The maximum Gasteiger partial charge on any atom is 0.241 e. The Balaban J connectivity index is 1.34. The molecule has 1 saturated heterocycles. The van der Waals surface area contributed by atoms with Crippen molar-refractivity contribution >= 4 is 23.2 Å². The van der Waals surface area contributed by atoms with Gasteiger partial charge in [0.2, 0.25) is 5.91 Å². The van der Waals surface area contributed by atoms with E-state index in [0.717, 1.165) is 48.4 Å². The molecule has 30 heavy (non-hydrogen) atoms. The van der Waals surface area contributed by atoms with Crippen LogP contribution in [0.4, 0.5) is 5.69 Å². The lowest BCUT2D eigenvalue weighted by molar-refractivity contribution is -0.118. The maximum absolute atomic E-state index is 12.4. The summed E-state index contributed by atoms with van der Waals surface area (Å²) in [5, 5.41) is 6.83. The highest BCUT2D eigenvalue weighted by Gasteiger charge is 2.20. The summed E-state index contributed by atoms with van der Waals surface area (Å²) >= 11 is 6.46. The molecule has 4 rings (SSSR count). The fourth-order valence-corrected chi connectivity index (χ4v) is 3.89. The Bertz CT molecular complexity index is 985. The van der Waals surface area contributed by atoms with Crippen molar-refractivity contribution in [1.82, 2.24) is 15.3 Å². The first kappa shape index (κ1) is 20.4. The minimum absolute atomic E-state index is 0.00294. The van der Waals surface area contributed by atoms with Gasteiger partial charge in [-0.15, -0.1) is 0 Å². The van der Waals surface area contributed by atoms with E-state index in [4.69, 9.17) is 16.3 Å². The van der Waals surface area contributed by atoms with Crippen molar-refractivity contribution in [3.63, 3.8) is 0 Å². The molecule has 1 fully saturated rings. The Morgan fingerprint density at radius 1 is 1.23 bits per heavy atom. The Labute approximate surface area is 181 Å². The van der Waals surface area contributed by atoms with Crippen LogP contribution in [0.5, 0.6) is 5.75 Å². The number of hydrogen-bond acceptors (Lipinski definition) is 4. The van der Waals surface area contributed by atoms with Gasteiger partial charge in [0, 0.05) is 28.9 Å². The molecule has 3 aromatic rings. The van der Waals surface area contributed by atoms with E-state index >= 15 is 0 Å². The zero-order chi connectivity index (χ0) is 20.8. The van der Waals surface area contributed by atoms with Gasteiger partial charge < -0.3 is 20.4 Å². The molecule has 1 aliphatic heterocycles. The monoisotopic (exact) mass is 424 g/mol. The number of anilines is 1. The van der Waals surface area contributed by atoms with E-state index in [1.165, 1.54) is 0 Å². The van der Waals surface area contributed by atoms with Crippen molar-refractivity contribution < 1.29 is 9.53 Å². The van der Waals surface area contributed by atoms with Crippen LogP contribution in [-0.4, -0.2) is 35.1 Å². The summed E-state index contributed by atoms with van der Waals surface area (Å²) in [6.07, 6.45) is 7.22. The highest BCUT2D eigenvalue weighted by Crippen LogP contribution is 2.28. The number of nitrogens with one attached hydrogen (secondary N) is 3. The number of imidazole rings is 1. The number of amides is 1. The molecule has 1 amide bonds. The first-order valence-corrected chi connectivity index (χ1v) is 10.6. The Morgan fingerprint density at radius 3 is 2.90 bits per heavy atom. The van der Waals surface area contributed by atoms with Crippen molar-refractivity contribution in [3.05, 3.63) is 65.6 Å². The van der Waals surface area contributed by atoms with Gasteiger partial charge in [-0.1, -0.05) is 36.2 Å². The Morgan fingerprint density at radius 2 is 2.13 bits per heavy atom. The molecule has 1 atom stereocenters. The number of hydrogen-bond donors (Lipinski definition) is 3.